The Kier molecular flexibility index (Phi) is 13.2. The predicted octanol–water partition coefficient (Wildman–Crippen LogP) is 3.14. The summed E-state index contributed by atoms with van der Waals surface area (Å²) < 4.78 is 5.05. The van der Waals surface area contributed by atoms with Gasteiger partial charge in [0.1, 0.15) is 12.6 Å². The molecule has 2 unspecified atom stereocenters. The number of benzene rings is 4. The molecule has 0 aliphatic carbocycles. The van der Waals surface area contributed by atoms with E-state index in [0.717, 1.165) is 22.3 Å². The molecule has 52 heavy (non-hydrogen) atoms. The number of aliphatic hydroxyl groups is 1. The number of imide groups is 1. The van der Waals surface area contributed by atoms with Crippen LogP contribution in [0.25, 0.3) is 0 Å². The average Bonchev–Trinajstić information content (AvgIpc) is 3.67. The highest BCUT2D eigenvalue weighted by Gasteiger charge is 2.40. The number of rotatable bonds is 14. The zero-order chi connectivity index (χ0) is 36.9. The van der Waals surface area contributed by atoms with E-state index in [9.17, 15) is 29.1 Å². The Morgan fingerprint density at radius 2 is 1.31 bits per heavy atom. The minimum atomic E-state index is -1.74. The number of aliphatic hydroxyl groups excluding tert-OH is 1. The molecule has 12 heteroatoms. The van der Waals surface area contributed by atoms with Crippen molar-refractivity contribution >= 4 is 29.7 Å². The Morgan fingerprint density at radius 3 is 1.88 bits per heavy atom. The first kappa shape index (κ1) is 37.4. The van der Waals surface area contributed by atoms with Crippen LogP contribution in [0.5, 0.6) is 0 Å². The van der Waals surface area contributed by atoms with Crippen molar-refractivity contribution in [3.8, 4) is 0 Å². The van der Waals surface area contributed by atoms with Crippen LogP contribution in [0.3, 0.4) is 0 Å². The number of amides is 5. The maximum absolute atomic E-state index is 13.9. The van der Waals surface area contributed by atoms with Crippen LogP contribution in [0.1, 0.15) is 47.6 Å². The molecule has 5 amide bonds. The second-order valence-electron chi connectivity index (χ2n) is 12.6. The lowest BCUT2D eigenvalue weighted by atomic mass is 9.97. The highest BCUT2D eigenvalue weighted by Crippen LogP contribution is 2.25. The third-order valence-electron chi connectivity index (χ3n) is 8.85. The van der Waals surface area contributed by atoms with E-state index >= 15 is 0 Å². The van der Waals surface area contributed by atoms with Crippen molar-refractivity contribution in [2.45, 2.75) is 62.6 Å². The van der Waals surface area contributed by atoms with Crippen molar-refractivity contribution in [3.63, 3.8) is 0 Å². The SMILES string of the molecule is N[C@@H](CC(=O)NC(=O)OCc1ccccc1)C(=O)NC(Cc1ccccc1)C(O)C(=O)N1CCC[C@H]1C(=O)NC(c1ccccc1)c1ccccc1. The average molecular weight is 706 g/mol. The molecule has 0 saturated carbocycles. The molecule has 270 valence electrons. The van der Waals surface area contributed by atoms with Gasteiger partial charge in [0.2, 0.25) is 17.7 Å². The van der Waals surface area contributed by atoms with Crippen LogP contribution in [0.15, 0.2) is 121 Å². The molecule has 1 heterocycles. The van der Waals surface area contributed by atoms with Crippen LogP contribution in [0.4, 0.5) is 4.79 Å². The van der Waals surface area contributed by atoms with Crippen LogP contribution in [0.2, 0.25) is 0 Å². The lowest BCUT2D eigenvalue weighted by Gasteiger charge is -2.31. The van der Waals surface area contributed by atoms with E-state index < -0.39 is 60.5 Å². The number of nitrogens with one attached hydrogen (secondary N) is 3. The molecule has 0 radical (unpaired) electrons. The van der Waals surface area contributed by atoms with Crippen molar-refractivity contribution in [1.29, 1.82) is 0 Å². The van der Waals surface area contributed by atoms with Gasteiger partial charge in [0, 0.05) is 6.54 Å². The Morgan fingerprint density at radius 1 is 0.769 bits per heavy atom. The molecule has 4 aromatic rings. The number of carbonyl (C=O) groups excluding carboxylic acids is 5. The minimum Gasteiger partial charge on any atom is -0.444 e. The minimum absolute atomic E-state index is 0.0546. The molecule has 5 rings (SSSR count). The van der Waals surface area contributed by atoms with Gasteiger partial charge in [-0.15, -0.1) is 0 Å². The van der Waals surface area contributed by atoms with Gasteiger partial charge in [0.25, 0.3) is 5.91 Å². The highest BCUT2D eigenvalue weighted by atomic mass is 16.5. The summed E-state index contributed by atoms with van der Waals surface area (Å²) in [6.45, 7) is 0.182. The zero-order valence-electron chi connectivity index (χ0n) is 28.6. The molecule has 1 aliphatic rings. The van der Waals surface area contributed by atoms with Crippen LogP contribution >= 0.6 is 0 Å². The second kappa shape index (κ2) is 18.4. The largest absolute Gasteiger partial charge is 0.444 e. The molecular formula is C40H43N5O7. The Bertz CT molecular complexity index is 1760. The standard InChI is InChI=1S/C40H43N5O7/c41-31(25-34(46)43-40(51)52-26-28-16-7-2-8-17-28)37(48)42-32(24-27-14-5-1-6-15-27)36(47)39(50)45-23-13-22-33(45)38(49)44-35(29-18-9-3-10-19-29)30-20-11-4-12-21-30/h1-12,14-21,31-33,35-36,47H,13,22-26,41H2,(H,42,48)(H,44,49)(H,43,46,51)/t31-,32?,33-,36?/m0/s1. The molecule has 4 atom stereocenters. The lowest BCUT2D eigenvalue weighted by molar-refractivity contribution is -0.147. The highest BCUT2D eigenvalue weighted by molar-refractivity contribution is 5.96. The number of nitrogens with zero attached hydrogens (tertiary/aromatic N) is 1. The van der Waals surface area contributed by atoms with Crippen LogP contribution in [0, 0.1) is 0 Å². The number of ether oxygens (including phenoxy) is 1. The van der Waals surface area contributed by atoms with Crippen molar-refractivity contribution in [1.82, 2.24) is 20.9 Å². The Balaban J connectivity index is 1.23. The second-order valence-corrected chi connectivity index (χ2v) is 12.6. The molecule has 1 fully saturated rings. The van der Waals surface area contributed by atoms with E-state index in [1.165, 1.54) is 4.90 Å². The number of alkyl carbamates (subject to hydrolysis) is 1. The summed E-state index contributed by atoms with van der Waals surface area (Å²) in [4.78, 5) is 67.0. The van der Waals surface area contributed by atoms with Crippen molar-refractivity contribution in [3.05, 3.63) is 144 Å². The third-order valence-corrected chi connectivity index (χ3v) is 8.85. The fourth-order valence-corrected chi connectivity index (χ4v) is 6.15. The normalized spacial score (nSPS) is 15.6. The molecule has 1 saturated heterocycles. The van der Waals surface area contributed by atoms with E-state index in [1.807, 2.05) is 78.1 Å². The van der Waals surface area contributed by atoms with Gasteiger partial charge >= 0.3 is 6.09 Å². The van der Waals surface area contributed by atoms with E-state index in [4.69, 9.17) is 10.5 Å². The number of nitrogens with two attached hydrogens (primary N) is 1. The predicted molar refractivity (Wildman–Crippen MR) is 193 cm³/mol. The van der Waals surface area contributed by atoms with Gasteiger partial charge in [-0.1, -0.05) is 121 Å². The maximum atomic E-state index is 13.9. The number of carbonyl (C=O) groups is 5. The summed E-state index contributed by atoms with van der Waals surface area (Å²) in [5.74, 6) is -2.74. The van der Waals surface area contributed by atoms with Gasteiger partial charge in [-0.2, -0.15) is 0 Å². The van der Waals surface area contributed by atoms with Crippen LogP contribution < -0.4 is 21.7 Å². The van der Waals surface area contributed by atoms with E-state index in [-0.39, 0.29) is 25.5 Å². The number of hydrogen-bond donors (Lipinski definition) is 5. The summed E-state index contributed by atoms with van der Waals surface area (Å²) in [6.07, 6.45) is -2.31. The van der Waals surface area contributed by atoms with E-state index in [2.05, 4.69) is 10.6 Å². The molecule has 0 bridgehead atoms. The van der Waals surface area contributed by atoms with Gasteiger partial charge in [-0.25, -0.2) is 4.79 Å². The topological polar surface area (TPSA) is 180 Å². The van der Waals surface area contributed by atoms with Gasteiger partial charge < -0.3 is 31.1 Å². The van der Waals surface area contributed by atoms with E-state index in [0.29, 0.717) is 12.8 Å². The number of hydrogen-bond acceptors (Lipinski definition) is 8. The summed E-state index contributed by atoms with van der Waals surface area (Å²) in [7, 11) is 0. The van der Waals surface area contributed by atoms with Crippen molar-refractivity contribution in [2.24, 2.45) is 5.73 Å². The molecule has 0 aromatic heterocycles. The van der Waals surface area contributed by atoms with Gasteiger partial charge in [-0.3, -0.25) is 24.5 Å². The fraction of sp³-hybridized carbons (Fsp3) is 0.275. The molecule has 12 nitrogen and oxygen atoms in total. The molecule has 6 N–H and O–H groups in total. The first-order valence-corrected chi connectivity index (χ1v) is 17.2. The molecule has 4 aromatic carbocycles. The first-order valence-electron chi connectivity index (χ1n) is 17.2. The molecule has 0 spiro atoms. The monoisotopic (exact) mass is 705 g/mol. The fourth-order valence-electron chi connectivity index (χ4n) is 6.15. The lowest BCUT2D eigenvalue weighted by Crippen LogP contribution is -2.58. The van der Waals surface area contributed by atoms with Crippen molar-refractivity contribution < 1.29 is 33.8 Å². The smallest absolute Gasteiger partial charge is 0.414 e. The van der Waals surface area contributed by atoms with E-state index in [1.54, 1.807) is 48.5 Å². The Labute approximate surface area is 302 Å². The van der Waals surface area contributed by atoms with Crippen LogP contribution in [-0.2, 0) is 36.9 Å². The maximum Gasteiger partial charge on any atom is 0.414 e. The zero-order valence-corrected chi connectivity index (χ0v) is 28.6. The van der Waals surface area contributed by atoms with Gasteiger partial charge in [0.15, 0.2) is 6.10 Å². The first-order chi connectivity index (χ1) is 25.2. The number of likely N-dealkylation sites (tertiary alicyclic amines) is 1. The van der Waals surface area contributed by atoms with Crippen molar-refractivity contribution in [2.75, 3.05) is 6.54 Å². The molecule has 1 aliphatic heterocycles. The third kappa shape index (κ3) is 10.3. The Hall–Kier alpha value is -5.85. The summed E-state index contributed by atoms with van der Waals surface area (Å²) >= 11 is 0. The summed E-state index contributed by atoms with van der Waals surface area (Å²) in [5, 5.41) is 19.3. The summed E-state index contributed by atoms with van der Waals surface area (Å²) in [6, 6.07) is 33.0. The van der Waals surface area contributed by atoms with Crippen LogP contribution in [-0.4, -0.2) is 70.5 Å². The quantitative estimate of drug-likeness (QED) is 0.133. The van der Waals surface area contributed by atoms with Gasteiger partial charge in [0.05, 0.1) is 24.5 Å². The summed E-state index contributed by atoms with van der Waals surface area (Å²) in [5.41, 5.74) is 9.24. The molecular weight excluding hydrogens is 662 g/mol. The van der Waals surface area contributed by atoms with Gasteiger partial charge in [-0.05, 0) is 41.5 Å².